The van der Waals surface area contributed by atoms with Gasteiger partial charge in [0.1, 0.15) is 0 Å². The number of ether oxygens (including phenoxy) is 1. The minimum atomic E-state index is 0.201. The predicted octanol–water partition coefficient (Wildman–Crippen LogP) is 3.00. The van der Waals surface area contributed by atoms with E-state index in [9.17, 15) is 0 Å². The summed E-state index contributed by atoms with van der Waals surface area (Å²) in [5, 5.41) is 0. The number of halogens is 1. The van der Waals surface area contributed by atoms with Gasteiger partial charge in [0.25, 0.3) is 0 Å². The Labute approximate surface area is 80.9 Å². The van der Waals surface area contributed by atoms with Crippen molar-refractivity contribution in [2.75, 3.05) is 7.11 Å². The average molecular weight is 262 g/mol. The summed E-state index contributed by atoms with van der Waals surface area (Å²) in [5.41, 5.74) is 1.23. The van der Waals surface area contributed by atoms with Crippen molar-refractivity contribution >= 4 is 22.6 Å². The van der Waals surface area contributed by atoms with Crippen molar-refractivity contribution in [1.82, 2.24) is 0 Å². The minimum absolute atomic E-state index is 0.201. The summed E-state index contributed by atoms with van der Waals surface area (Å²) in [6, 6.07) is 8.36. The van der Waals surface area contributed by atoms with Gasteiger partial charge in [0.2, 0.25) is 0 Å². The average Bonchev–Trinajstić information content (AvgIpc) is 2.05. The topological polar surface area (TPSA) is 9.23 Å². The van der Waals surface area contributed by atoms with E-state index >= 15 is 0 Å². The van der Waals surface area contributed by atoms with Crippen LogP contribution in [0.1, 0.15) is 18.6 Å². The molecule has 0 radical (unpaired) electrons. The Balaban J connectivity index is 2.81. The zero-order valence-corrected chi connectivity index (χ0v) is 8.83. The molecule has 1 rings (SSSR count). The zero-order valence-electron chi connectivity index (χ0n) is 6.67. The first-order valence-electron chi connectivity index (χ1n) is 3.52. The SMILES string of the molecule is COC(C)c1ccc(I)cc1. The normalized spacial score (nSPS) is 13.0. The Bertz CT molecular complexity index is 218. The smallest absolute Gasteiger partial charge is 0.0793 e. The lowest BCUT2D eigenvalue weighted by Crippen LogP contribution is -1.94. The summed E-state index contributed by atoms with van der Waals surface area (Å²) in [6.07, 6.45) is 0.201. The van der Waals surface area contributed by atoms with Crippen molar-refractivity contribution in [3.63, 3.8) is 0 Å². The van der Waals surface area contributed by atoms with Crippen LogP contribution in [0.15, 0.2) is 24.3 Å². The third-order valence-corrected chi connectivity index (χ3v) is 2.41. The lowest BCUT2D eigenvalue weighted by atomic mass is 10.1. The van der Waals surface area contributed by atoms with Gasteiger partial charge in [0.15, 0.2) is 0 Å². The molecule has 60 valence electrons. The monoisotopic (exact) mass is 262 g/mol. The Kier molecular flexibility index (Phi) is 3.33. The molecule has 0 fully saturated rings. The molecule has 0 heterocycles. The summed E-state index contributed by atoms with van der Waals surface area (Å²) >= 11 is 2.29. The van der Waals surface area contributed by atoms with Gasteiger partial charge >= 0.3 is 0 Å². The van der Waals surface area contributed by atoms with Crippen molar-refractivity contribution < 1.29 is 4.74 Å². The highest BCUT2D eigenvalue weighted by molar-refractivity contribution is 14.1. The van der Waals surface area contributed by atoms with Gasteiger partial charge in [-0.15, -0.1) is 0 Å². The molecule has 1 unspecified atom stereocenters. The summed E-state index contributed by atoms with van der Waals surface area (Å²) in [4.78, 5) is 0. The van der Waals surface area contributed by atoms with Gasteiger partial charge in [-0.1, -0.05) is 12.1 Å². The van der Waals surface area contributed by atoms with Crippen molar-refractivity contribution in [1.29, 1.82) is 0 Å². The van der Waals surface area contributed by atoms with Crippen LogP contribution in [0.5, 0.6) is 0 Å². The van der Waals surface area contributed by atoms with E-state index in [-0.39, 0.29) is 6.10 Å². The van der Waals surface area contributed by atoms with E-state index < -0.39 is 0 Å². The Hall–Kier alpha value is -0.0900. The predicted molar refractivity (Wildman–Crippen MR) is 54.6 cm³/mol. The standard InChI is InChI=1S/C9H11IO/c1-7(11-2)8-3-5-9(10)6-4-8/h3-7H,1-2H3. The van der Waals surface area contributed by atoms with E-state index in [0.29, 0.717) is 0 Å². The summed E-state index contributed by atoms with van der Waals surface area (Å²) < 4.78 is 6.43. The molecule has 11 heavy (non-hydrogen) atoms. The zero-order chi connectivity index (χ0) is 8.27. The van der Waals surface area contributed by atoms with E-state index in [0.717, 1.165) is 0 Å². The van der Waals surface area contributed by atoms with Gasteiger partial charge < -0.3 is 4.74 Å². The second-order valence-electron chi connectivity index (χ2n) is 2.43. The fourth-order valence-corrected chi connectivity index (χ4v) is 1.23. The van der Waals surface area contributed by atoms with E-state index in [4.69, 9.17) is 4.74 Å². The van der Waals surface area contributed by atoms with Crippen molar-refractivity contribution in [2.45, 2.75) is 13.0 Å². The van der Waals surface area contributed by atoms with Crippen LogP contribution < -0.4 is 0 Å². The van der Waals surface area contributed by atoms with Crippen molar-refractivity contribution in [3.05, 3.63) is 33.4 Å². The molecule has 0 saturated heterocycles. The molecule has 0 aliphatic carbocycles. The first-order chi connectivity index (χ1) is 5.24. The van der Waals surface area contributed by atoms with Gasteiger partial charge in [-0.05, 0) is 47.2 Å². The summed E-state index contributed by atoms with van der Waals surface area (Å²) in [6.45, 7) is 2.04. The summed E-state index contributed by atoms with van der Waals surface area (Å²) in [5.74, 6) is 0. The highest BCUT2D eigenvalue weighted by Gasteiger charge is 2.01. The van der Waals surface area contributed by atoms with Crippen LogP contribution in [-0.4, -0.2) is 7.11 Å². The molecule has 2 heteroatoms. The number of benzene rings is 1. The molecule has 1 nitrogen and oxygen atoms in total. The molecule has 1 aromatic rings. The van der Waals surface area contributed by atoms with E-state index in [2.05, 4.69) is 46.9 Å². The fraction of sp³-hybridized carbons (Fsp3) is 0.333. The summed E-state index contributed by atoms with van der Waals surface area (Å²) in [7, 11) is 1.72. The molecule has 0 aromatic heterocycles. The number of rotatable bonds is 2. The van der Waals surface area contributed by atoms with Crippen LogP contribution in [0, 0.1) is 3.57 Å². The molecule has 1 atom stereocenters. The van der Waals surface area contributed by atoms with E-state index in [1.54, 1.807) is 7.11 Å². The third-order valence-electron chi connectivity index (χ3n) is 1.69. The van der Waals surface area contributed by atoms with Crippen LogP contribution in [0.3, 0.4) is 0 Å². The van der Waals surface area contributed by atoms with Gasteiger partial charge in [-0.2, -0.15) is 0 Å². The van der Waals surface area contributed by atoms with Crippen molar-refractivity contribution in [2.24, 2.45) is 0 Å². The Morgan fingerprint density at radius 1 is 1.27 bits per heavy atom. The Morgan fingerprint density at radius 2 is 1.82 bits per heavy atom. The van der Waals surface area contributed by atoms with E-state index in [1.807, 2.05) is 6.92 Å². The van der Waals surface area contributed by atoms with Crippen LogP contribution in [-0.2, 0) is 4.74 Å². The van der Waals surface area contributed by atoms with Crippen LogP contribution in [0.25, 0.3) is 0 Å². The maximum atomic E-state index is 5.17. The second-order valence-corrected chi connectivity index (χ2v) is 3.68. The second kappa shape index (κ2) is 4.07. The van der Waals surface area contributed by atoms with Crippen LogP contribution in [0.2, 0.25) is 0 Å². The maximum Gasteiger partial charge on any atom is 0.0793 e. The highest BCUT2D eigenvalue weighted by Crippen LogP contribution is 2.16. The third kappa shape index (κ3) is 2.45. The lowest BCUT2D eigenvalue weighted by molar-refractivity contribution is 0.119. The molecule has 0 amide bonds. The molecule has 0 aliphatic rings. The first kappa shape index (κ1) is 9.00. The molecule has 0 bridgehead atoms. The van der Waals surface area contributed by atoms with Gasteiger partial charge in [0, 0.05) is 10.7 Å². The highest BCUT2D eigenvalue weighted by atomic mass is 127. The number of hydrogen-bond acceptors (Lipinski definition) is 1. The number of methoxy groups -OCH3 is 1. The quantitative estimate of drug-likeness (QED) is 0.744. The van der Waals surface area contributed by atoms with E-state index in [1.165, 1.54) is 9.13 Å². The molecule has 0 saturated carbocycles. The molecule has 0 spiro atoms. The first-order valence-corrected chi connectivity index (χ1v) is 4.60. The molecule has 0 aliphatic heterocycles. The van der Waals surface area contributed by atoms with Crippen LogP contribution in [0.4, 0.5) is 0 Å². The van der Waals surface area contributed by atoms with Crippen LogP contribution >= 0.6 is 22.6 Å². The molecule has 0 N–H and O–H groups in total. The lowest BCUT2D eigenvalue weighted by Gasteiger charge is -2.08. The maximum absolute atomic E-state index is 5.17. The Morgan fingerprint density at radius 3 is 2.27 bits per heavy atom. The van der Waals surface area contributed by atoms with Gasteiger partial charge in [-0.3, -0.25) is 0 Å². The fourth-order valence-electron chi connectivity index (χ4n) is 0.870. The largest absolute Gasteiger partial charge is 0.377 e. The molecule has 1 aromatic carbocycles. The van der Waals surface area contributed by atoms with Gasteiger partial charge in [-0.25, -0.2) is 0 Å². The molecular weight excluding hydrogens is 251 g/mol. The minimum Gasteiger partial charge on any atom is -0.377 e. The van der Waals surface area contributed by atoms with Gasteiger partial charge in [0.05, 0.1) is 6.10 Å². The van der Waals surface area contributed by atoms with Crippen molar-refractivity contribution in [3.8, 4) is 0 Å². The number of hydrogen-bond donors (Lipinski definition) is 0. The molecular formula is C9H11IO.